The highest BCUT2D eigenvalue weighted by Gasteiger charge is 2.12. The molecule has 0 aromatic heterocycles. The Labute approximate surface area is 232 Å². The first-order valence-corrected chi connectivity index (χ1v) is 12.5. The third-order valence-electron chi connectivity index (χ3n) is 5.31. The van der Waals surface area contributed by atoms with Gasteiger partial charge in [-0.3, -0.25) is 9.59 Å². The van der Waals surface area contributed by atoms with Crippen molar-refractivity contribution in [2.24, 2.45) is 5.10 Å². The van der Waals surface area contributed by atoms with E-state index in [4.69, 9.17) is 16.3 Å². The first-order chi connectivity index (χ1) is 18.3. The van der Waals surface area contributed by atoms with Crippen LogP contribution in [0.5, 0.6) is 5.75 Å². The van der Waals surface area contributed by atoms with Gasteiger partial charge in [-0.1, -0.05) is 45.2 Å². The molecule has 9 heteroatoms. The molecule has 0 saturated heterocycles. The maximum Gasteiger partial charge on any atom is 0.343 e. The van der Waals surface area contributed by atoms with E-state index in [2.05, 4.69) is 31.8 Å². The molecule has 38 heavy (non-hydrogen) atoms. The molecule has 7 nitrogen and oxygen atoms in total. The number of anilines is 1. The molecule has 0 saturated carbocycles. The van der Waals surface area contributed by atoms with Crippen LogP contribution >= 0.6 is 27.5 Å². The Bertz CT molecular complexity index is 1520. The van der Waals surface area contributed by atoms with Crippen LogP contribution in [0.3, 0.4) is 0 Å². The lowest BCUT2D eigenvalue weighted by Gasteiger charge is -2.08. The Hall–Kier alpha value is -4.27. The van der Waals surface area contributed by atoms with E-state index in [1.807, 2.05) is 19.1 Å². The normalized spacial score (nSPS) is 10.7. The Morgan fingerprint density at radius 2 is 1.55 bits per heavy atom. The topological polar surface area (TPSA) is 96.9 Å². The van der Waals surface area contributed by atoms with E-state index < -0.39 is 11.9 Å². The monoisotopic (exact) mass is 589 g/mol. The Kier molecular flexibility index (Phi) is 8.68. The number of carbonyl (C=O) groups excluding carboxylic acids is 3. The number of ether oxygens (including phenoxy) is 1. The third kappa shape index (κ3) is 7.15. The zero-order chi connectivity index (χ0) is 27.1. The number of aryl methyl sites for hydroxylation is 1. The zero-order valence-electron chi connectivity index (χ0n) is 20.1. The van der Waals surface area contributed by atoms with E-state index in [1.165, 1.54) is 6.21 Å². The van der Waals surface area contributed by atoms with Gasteiger partial charge in [0.05, 0.1) is 11.8 Å². The van der Waals surface area contributed by atoms with Crippen LogP contribution < -0.4 is 15.5 Å². The summed E-state index contributed by atoms with van der Waals surface area (Å²) in [6.07, 6.45) is 1.34. The third-order valence-corrected chi connectivity index (χ3v) is 6.07. The summed E-state index contributed by atoms with van der Waals surface area (Å²) in [7, 11) is 0. The highest BCUT2D eigenvalue weighted by Crippen LogP contribution is 2.23. The second-order valence-corrected chi connectivity index (χ2v) is 9.53. The first-order valence-electron chi connectivity index (χ1n) is 11.4. The highest BCUT2D eigenvalue weighted by atomic mass is 79.9. The molecule has 2 amide bonds. The van der Waals surface area contributed by atoms with Gasteiger partial charge in [-0.2, -0.15) is 5.10 Å². The van der Waals surface area contributed by atoms with Gasteiger partial charge in [0.25, 0.3) is 11.8 Å². The van der Waals surface area contributed by atoms with Gasteiger partial charge in [-0.15, -0.1) is 0 Å². The molecule has 0 fully saturated rings. The van der Waals surface area contributed by atoms with Crippen LogP contribution in [0.25, 0.3) is 0 Å². The summed E-state index contributed by atoms with van der Waals surface area (Å²) in [5.41, 5.74) is 5.62. The summed E-state index contributed by atoms with van der Waals surface area (Å²) in [6.45, 7) is 1.91. The first kappa shape index (κ1) is 26.8. The number of halogens is 2. The second kappa shape index (κ2) is 12.3. The van der Waals surface area contributed by atoms with Gasteiger partial charge < -0.3 is 10.1 Å². The summed E-state index contributed by atoms with van der Waals surface area (Å²) in [4.78, 5) is 37.5. The van der Waals surface area contributed by atoms with Gasteiger partial charge in [0.2, 0.25) is 0 Å². The second-order valence-electron chi connectivity index (χ2n) is 8.18. The number of hydrazone groups is 1. The van der Waals surface area contributed by atoms with Crippen molar-refractivity contribution in [2.75, 3.05) is 5.32 Å². The fourth-order valence-corrected chi connectivity index (χ4v) is 3.82. The Morgan fingerprint density at radius 1 is 0.842 bits per heavy atom. The molecule has 0 spiro atoms. The maximum atomic E-state index is 12.5. The molecule has 0 aliphatic carbocycles. The van der Waals surface area contributed by atoms with Gasteiger partial charge in [0.15, 0.2) is 0 Å². The summed E-state index contributed by atoms with van der Waals surface area (Å²) in [5, 5.41) is 7.19. The van der Waals surface area contributed by atoms with Crippen molar-refractivity contribution in [2.45, 2.75) is 6.92 Å². The minimum atomic E-state index is -0.548. The maximum absolute atomic E-state index is 12.5. The van der Waals surface area contributed by atoms with Crippen LogP contribution in [0.2, 0.25) is 5.02 Å². The Balaban J connectivity index is 1.38. The van der Waals surface area contributed by atoms with E-state index in [0.29, 0.717) is 33.0 Å². The predicted octanol–water partition coefficient (Wildman–Crippen LogP) is 6.65. The summed E-state index contributed by atoms with van der Waals surface area (Å²) >= 11 is 9.42. The lowest BCUT2D eigenvalue weighted by molar-refractivity contribution is 0.0734. The number of benzene rings is 4. The van der Waals surface area contributed by atoms with Crippen molar-refractivity contribution < 1.29 is 19.1 Å². The number of carbonyl (C=O) groups is 3. The fraction of sp³-hybridized carbons (Fsp3) is 0.0345. The van der Waals surface area contributed by atoms with Crippen LogP contribution in [0.15, 0.2) is 101 Å². The Morgan fingerprint density at radius 3 is 2.26 bits per heavy atom. The summed E-state index contributed by atoms with van der Waals surface area (Å²) < 4.78 is 6.34. The minimum absolute atomic E-state index is 0.231. The number of hydrogen-bond donors (Lipinski definition) is 2. The molecular weight excluding hydrogens is 570 g/mol. The van der Waals surface area contributed by atoms with Gasteiger partial charge in [-0.05, 0) is 85.8 Å². The molecular formula is C29H21BrClN3O4. The van der Waals surface area contributed by atoms with Crippen LogP contribution in [-0.2, 0) is 0 Å². The van der Waals surface area contributed by atoms with Crippen molar-refractivity contribution in [3.8, 4) is 5.75 Å². The largest absolute Gasteiger partial charge is 0.422 e. The average molecular weight is 591 g/mol. The molecule has 4 aromatic carbocycles. The quantitative estimate of drug-likeness (QED) is 0.109. The summed E-state index contributed by atoms with van der Waals surface area (Å²) in [6, 6.07) is 25.1. The molecule has 0 unspecified atom stereocenters. The van der Waals surface area contributed by atoms with E-state index in [9.17, 15) is 14.4 Å². The molecule has 2 N–H and O–H groups in total. The van der Waals surface area contributed by atoms with Crippen LogP contribution in [0, 0.1) is 6.92 Å². The highest BCUT2D eigenvalue weighted by molar-refractivity contribution is 9.10. The van der Waals surface area contributed by atoms with Crippen molar-refractivity contribution in [3.63, 3.8) is 0 Å². The van der Waals surface area contributed by atoms with E-state index >= 15 is 0 Å². The van der Waals surface area contributed by atoms with E-state index in [0.717, 1.165) is 10.0 Å². The molecule has 0 bridgehead atoms. The van der Waals surface area contributed by atoms with Gasteiger partial charge in [0, 0.05) is 31.9 Å². The minimum Gasteiger partial charge on any atom is -0.422 e. The lowest BCUT2D eigenvalue weighted by Crippen LogP contribution is -2.18. The zero-order valence-corrected chi connectivity index (χ0v) is 22.4. The van der Waals surface area contributed by atoms with Gasteiger partial charge in [0.1, 0.15) is 5.75 Å². The number of amides is 2. The molecule has 0 atom stereocenters. The molecule has 190 valence electrons. The molecule has 0 heterocycles. The van der Waals surface area contributed by atoms with Crippen molar-refractivity contribution in [1.82, 2.24) is 5.43 Å². The van der Waals surface area contributed by atoms with Gasteiger partial charge in [-0.25, -0.2) is 10.2 Å². The lowest BCUT2D eigenvalue weighted by atomic mass is 10.1. The molecule has 0 aliphatic rings. The predicted molar refractivity (Wildman–Crippen MR) is 151 cm³/mol. The van der Waals surface area contributed by atoms with Crippen LogP contribution in [-0.4, -0.2) is 24.0 Å². The molecule has 0 aliphatic heterocycles. The number of nitrogens with zero attached hydrogens (tertiary/aromatic N) is 1. The standard InChI is InChI=1S/C29H21BrClN3O4/c1-18-3-2-4-21(15-18)27(35)33-25-12-7-19(8-13-25)28(36)34-32-17-22-16-24(31)11-14-26(22)38-29(37)20-5-9-23(30)10-6-20/h2-17H,1H3,(H,33,35)(H,34,36)/b32-17+. The van der Waals surface area contributed by atoms with Crippen molar-refractivity contribution >= 4 is 57.2 Å². The number of esters is 1. The fourth-order valence-electron chi connectivity index (χ4n) is 3.38. The van der Waals surface area contributed by atoms with Crippen LogP contribution in [0.1, 0.15) is 42.2 Å². The van der Waals surface area contributed by atoms with Crippen molar-refractivity contribution in [1.29, 1.82) is 0 Å². The van der Waals surface area contributed by atoms with E-state index in [-0.39, 0.29) is 11.7 Å². The van der Waals surface area contributed by atoms with E-state index in [1.54, 1.807) is 78.9 Å². The number of hydrogen-bond acceptors (Lipinski definition) is 5. The molecule has 0 radical (unpaired) electrons. The van der Waals surface area contributed by atoms with Gasteiger partial charge >= 0.3 is 5.97 Å². The van der Waals surface area contributed by atoms with Crippen LogP contribution in [0.4, 0.5) is 5.69 Å². The average Bonchev–Trinajstić information content (AvgIpc) is 2.91. The number of nitrogens with one attached hydrogen (secondary N) is 2. The molecule has 4 rings (SSSR count). The van der Waals surface area contributed by atoms with Crippen molar-refractivity contribution in [3.05, 3.63) is 128 Å². The SMILES string of the molecule is Cc1cccc(C(=O)Nc2ccc(C(=O)N/N=C/c3cc(Cl)ccc3OC(=O)c3ccc(Br)cc3)cc2)c1. The summed E-state index contributed by atoms with van der Waals surface area (Å²) in [5.74, 6) is -1.02. The molecule has 4 aromatic rings. The smallest absolute Gasteiger partial charge is 0.343 e. The number of rotatable bonds is 7.